The summed E-state index contributed by atoms with van der Waals surface area (Å²) in [7, 11) is 2.09. The van der Waals surface area contributed by atoms with Gasteiger partial charge in [0.15, 0.2) is 0 Å². The highest BCUT2D eigenvalue weighted by Crippen LogP contribution is 2.35. The summed E-state index contributed by atoms with van der Waals surface area (Å²) in [5.74, 6) is 1.84. The zero-order valence-electron chi connectivity index (χ0n) is 13.6. The van der Waals surface area contributed by atoms with Crippen molar-refractivity contribution in [3.8, 4) is 0 Å². The largest absolute Gasteiger partial charge is 0.338 e. The normalized spacial score (nSPS) is 28.3. The van der Waals surface area contributed by atoms with E-state index in [1.54, 1.807) is 0 Å². The Morgan fingerprint density at radius 3 is 2.70 bits per heavy atom. The van der Waals surface area contributed by atoms with Crippen molar-refractivity contribution >= 4 is 5.91 Å². The van der Waals surface area contributed by atoms with Crippen LogP contribution in [0.1, 0.15) is 58.8 Å². The topological polar surface area (TPSA) is 23.6 Å². The van der Waals surface area contributed by atoms with E-state index in [2.05, 4.69) is 30.7 Å². The Morgan fingerprint density at radius 2 is 1.95 bits per heavy atom. The Labute approximate surface area is 124 Å². The molecule has 3 nitrogen and oxygen atoms in total. The Kier molecular flexibility index (Phi) is 5.88. The van der Waals surface area contributed by atoms with Crippen LogP contribution in [0.2, 0.25) is 0 Å². The van der Waals surface area contributed by atoms with E-state index >= 15 is 0 Å². The number of hydrogen-bond acceptors (Lipinski definition) is 2. The van der Waals surface area contributed by atoms with Gasteiger partial charge in [0.2, 0.25) is 5.91 Å². The first kappa shape index (κ1) is 15.8. The highest BCUT2D eigenvalue weighted by molar-refractivity contribution is 5.78. The van der Waals surface area contributed by atoms with Gasteiger partial charge in [0.25, 0.3) is 0 Å². The van der Waals surface area contributed by atoms with Gasteiger partial charge in [0, 0.05) is 19.1 Å². The van der Waals surface area contributed by atoms with Crippen molar-refractivity contribution in [3.63, 3.8) is 0 Å². The van der Waals surface area contributed by atoms with E-state index in [4.69, 9.17) is 0 Å². The molecule has 1 amide bonds. The van der Waals surface area contributed by atoms with Crippen LogP contribution in [0.3, 0.4) is 0 Å². The fraction of sp³-hybridized carbons (Fsp3) is 0.941. The molecule has 0 radical (unpaired) electrons. The van der Waals surface area contributed by atoms with Gasteiger partial charge in [0.1, 0.15) is 0 Å². The molecule has 3 heteroatoms. The molecule has 0 bridgehead atoms. The number of likely N-dealkylation sites (tertiary alicyclic amines) is 1. The molecule has 2 rings (SSSR count). The summed E-state index contributed by atoms with van der Waals surface area (Å²) < 4.78 is 0. The third-order valence-corrected chi connectivity index (χ3v) is 5.29. The minimum absolute atomic E-state index is 0.368. The lowest BCUT2D eigenvalue weighted by Crippen LogP contribution is -2.52. The number of carbonyl (C=O) groups excluding carboxylic acids is 1. The first-order valence-corrected chi connectivity index (χ1v) is 8.59. The van der Waals surface area contributed by atoms with Gasteiger partial charge in [-0.15, -0.1) is 0 Å². The number of likely N-dealkylation sites (N-methyl/N-ethyl adjacent to an activating group) is 1. The van der Waals surface area contributed by atoms with Crippen molar-refractivity contribution in [1.29, 1.82) is 0 Å². The maximum atomic E-state index is 12.6. The van der Waals surface area contributed by atoms with Gasteiger partial charge >= 0.3 is 0 Å². The van der Waals surface area contributed by atoms with E-state index in [1.165, 1.54) is 44.9 Å². The highest BCUT2D eigenvalue weighted by atomic mass is 16.2. The minimum atomic E-state index is 0.368. The van der Waals surface area contributed by atoms with Crippen molar-refractivity contribution in [2.45, 2.75) is 64.8 Å². The van der Waals surface area contributed by atoms with Crippen LogP contribution < -0.4 is 0 Å². The molecule has 1 aliphatic heterocycles. The summed E-state index contributed by atoms with van der Waals surface area (Å²) in [4.78, 5) is 17.1. The number of nitrogens with zero attached hydrogens (tertiary/aromatic N) is 2. The maximum absolute atomic E-state index is 12.6. The summed E-state index contributed by atoms with van der Waals surface area (Å²) in [6.45, 7) is 7.12. The van der Waals surface area contributed by atoms with Crippen LogP contribution in [0.15, 0.2) is 0 Å². The number of fused-ring (bicyclic) bond motifs is 1. The number of hydrogen-bond donors (Lipinski definition) is 0. The second kappa shape index (κ2) is 7.44. The molecule has 20 heavy (non-hydrogen) atoms. The molecule has 1 saturated heterocycles. The molecule has 0 N–H and O–H groups in total. The zero-order chi connectivity index (χ0) is 14.5. The van der Waals surface area contributed by atoms with Gasteiger partial charge in [-0.05, 0) is 44.6 Å². The molecule has 1 aliphatic carbocycles. The second-order valence-corrected chi connectivity index (χ2v) is 7.05. The molecule has 1 heterocycles. The summed E-state index contributed by atoms with van der Waals surface area (Å²) in [6.07, 6.45) is 9.01. The SMILES string of the molecule is CC[C@H](C)CN(C)CC(=O)N1CCC[C@@H]2CCCC[C@@H]21. The van der Waals surface area contributed by atoms with Crippen molar-refractivity contribution in [2.75, 3.05) is 26.7 Å². The van der Waals surface area contributed by atoms with Gasteiger partial charge in [-0.1, -0.05) is 33.1 Å². The molecular weight excluding hydrogens is 248 g/mol. The molecule has 1 saturated carbocycles. The summed E-state index contributed by atoms with van der Waals surface area (Å²) in [6, 6.07) is 0.557. The fourth-order valence-electron chi connectivity index (χ4n) is 3.98. The first-order valence-electron chi connectivity index (χ1n) is 8.59. The van der Waals surface area contributed by atoms with E-state index in [0.717, 1.165) is 19.0 Å². The highest BCUT2D eigenvalue weighted by Gasteiger charge is 2.35. The van der Waals surface area contributed by atoms with Crippen molar-refractivity contribution in [2.24, 2.45) is 11.8 Å². The van der Waals surface area contributed by atoms with Crippen LogP contribution in [0.5, 0.6) is 0 Å². The molecule has 0 aromatic rings. The maximum Gasteiger partial charge on any atom is 0.236 e. The van der Waals surface area contributed by atoms with E-state index in [0.29, 0.717) is 24.4 Å². The lowest BCUT2D eigenvalue weighted by molar-refractivity contribution is -0.138. The van der Waals surface area contributed by atoms with Crippen LogP contribution >= 0.6 is 0 Å². The van der Waals surface area contributed by atoms with Gasteiger partial charge in [0.05, 0.1) is 6.54 Å². The summed E-state index contributed by atoms with van der Waals surface area (Å²) in [5, 5.41) is 0. The predicted octanol–water partition coefficient (Wildman–Crippen LogP) is 3.15. The smallest absolute Gasteiger partial charge is 0.236 e. The Bertz CT molecular complexity index is 316. The first-order chi connectivity index (χ1) is 9.61. The third-order valence-electron chi connectivity index (χ3n) is 5.29. The van der Waals surface area contributed by atoms with Crippen LogP contribution in [0.4, 0.5) is 0 Å². The molecule has 2 aliphatic rings. The van der Waals surface area contributed by atoms with Gasteiger partial charge in [-0.3, -0.25) is 9.69 Å². The second-order valence-electron chi connectivity index (χ2n) is 7.05. The number of carbonyl (C=O) groups is 1. The average molecular weight is 280 g/mol. The summed E-state index contributed by atoms with van der Waals surface area (Å²) in [5.41, 5.74) is 0. The number of rotatable bonds is 5. The van der Waals surface area contributed by atoms with Crippen LogP contribution in [-0.2, 0) is 4.79 Å². The van der Waals surface area contributed by atoms with Crippen LogP contribution in [0.25, 0.3) is 0 Å². The summed E-state index contributed by atoms with van der Waals surface area (Å²) >= 11 is 0. The minimum Gasteiger partial charge on any atom is -0.338 e. The van der Waals surface area contributed by atoms with Gasteiger partial charge in [-0.2, -0.15) is 0 Å². The monoisotopic (exact) mass is 280 g/mol. The van der Waals surface area contributed by atoms with Crippen molar-refractivity contribution < 1.29 is 4.79 Å². The fourth-order valence-corrected chi connectivity index (χ4v) is 3.98. The van der Waals surface area contributed by atoms with Crippen LogP contribution in [0, 0.1) is 11.8 Å². The van der Waals surface area contributed by atoms with E-state index in [-0.39, 0.29) is 0 Å². The molecular formula is C17H32N2O. The molecule has 0 unspecified atom stereocenters. The van der Waals surface area contributed by atoms with E-state index in [9.17, 15) is 4.79 Å². The number of amides is 1. The molecule has 0 aromatic heterocycles. The zero-order valence-corrected chi connectivity index (χ0v) is 13.6. The quantitative estimate of drug-likeness (QED) is 0.772. The van der Waals surface area contributed by atoms with Crippen molar-refractivity contribution in [3.05, 3.63) is 0 Å². The third kappa shape index (κ3) is 3.97. The predicted molar refractivity (Wildman–Crippen MR) is 83.6 cm³/mol. The molecule has 3 atom stereocenters. The molecule has 116 valence electrons. The van der Waals surface area contributed by atoms with Gasteiger partial charge in [-0.25, -0.2) is 0 Å². The van der Waals surface area contributed by atoms with E-state index < -0.39 is 0 Å². The lowest BCUT2D eigenvalue weighted by Gasteiger charge is -2.44. The van der Waals surface area contributed by atoms with E-state index in [1.807, 2.05) is 0 Å². The average Bonchev–Trinajstić information content (AvgIpc) is 2.46. The number of piperidine rings is 1. The molecule has 0 spiro atoms. The lowest BCUT2D eigenvalue weighted by atomic mass is 9.78. The van der Waals surface area contributed by atoms with Gasteiger partial charge < -0.3 is 4.90 Å². The Hall–Kier alpha value is -0.570. The van der Waals surface area contributed by atoms with Crippen LogP contribution in [-0.4, -0.2) is 48.4 Å². The van der Waals surface area contributed by atoms with Crippen molar-refractivity contribution in [1.82, 2.24) is 9.80 Å². The molecule has 0 aromatic carbocycles. The Balaban J connectivity index is 1.87. The Morgan fingerprint density at radius 1 is 1.25 bits per heavy atom. The standard InChI is InChI=1S/C17H32N2O/c1-4-14(2)12-18(3)13-17(20)19-11-7-9-15-8-5-6-10-16(15)19/h14-16H,4-13H2,1-3H3/t14-,15-,16-/m0/s1. The molecule has 2 fully saturated rings.